The van der Waals surface area contributed by atoms with E-state index in [2.05, 4.69) is 19.2 Å². The molecule has 0 aliphatic rings. The molecule has 350 valence electrons. The zero-order chi connectivity index (χ0) is 43.1. The number of carbonyl (C=O) groups excluding carboxylic acids is 2. The Kier molecular flexibility index (Phi) is 46.1. The SMILES string of the molecule is CCCCCCCCCCCCCCCCCCCCCC(=O)OC(CCCCCCCCCCCCCCCC)CCCCCCCC(=O)NC(CCCN)C(=O)O. The van der Waals surface area contributed by atoms with Gasteiger partial charge in [0, 0.05) is 12.8 Å². The summed E-state index contributed by atoms with van der Waals surface area (Å²) in [6.07, 6.45) is 53.1. The van der Waals surface area contributed by atoms with Crippen molar-refractivity contribution in [1.82, 2.24) is 5.32 Å². The molecule has 0 bridgehead atoms. The van der Waals surface area contributed by atoms with E-state index in [0.717, 1.165) is 64.2 Å². The molecule has 0 aliphatic carbocycles. The van der Waals surface area contributed by atoms with Gasteiger partial charge in [-0.3, -0.25) is 9.59 Å². The van der Waals surface area contributed by atoms with Gasteiger partial charge in [-0.15, -0.1) is 0 Å². The lowest BCUT2D eigenvalue weighted by Gasteiger charge is -2.18. The largest absolute Gasteiger partial charge is 0.480 e. The number of carboxylic acid groups (broad SMARTS) is 1. The van der Waals surface area contributed by atoms with E-state index in [1.807, 2.05) is 0 Å². The smallest absolute Gasteiger partial charge is 0.326 e. The zero-order valence-electron chi connectivity index (χ0n) is 39.6. The topological polar surface area (TPSA) is 119 Å². The molecule has 2 atom stereocenters. The van der Waals surface area contributed by atoms with Crippen LogP contribution in [-0.2, 0) is 19.1 Å². The molecule has 0 fully saturated rings. The van der Waals surface area contributed by atoms with Crippen molar-refractivity contribution >= 4 is 17.8 Å². The lowest BCUT2D eigenvalue weighted by Crippen LogP contribution is -2.40. The zero-order valence-corrected chi connectivity index (χ0v) is 39.6. The molecule has 0 saturated heterocycles. The molecule has 0 aliphatic heterocycles. The number of hydrogen-bond acceptors (Lipinski definition) is 5. The molecule has 1 amide bonds. The van der Waals surface area contributed by atoms with Gasteiger partial charge in [0.25, 0.3) is 0 Å². The van der Waals surface area contributed by atoms with Crippen LogP contribution in [0.2, 0.25) is 0 Å². The van der Waals surface area contributed by atoms with Crippen molar-refractivity contribution in [3.8, 4) is 0 Å². The number of carbonyl (C=O) groups is 3. The fourth-order valence-electron chi connectivity index (χ4n) is 8.46. The average Bonchev–Trinajstić information content (AvgIpc) is 3.22. The van der Waals surface area contributed by atoms with Crippen molar-refractivity contribution in [2.75, 3.05) is 6.54 Å². The van der Waals surface area contributed by atoms with E-state index in [-0.39, 0.29) is 18.0 Å². The van der Waals surface area contributed by atoms with Crippen molar-refractivity contribution in [2.45, 2.75) is 309 Å². The van der Waals surface area contributed by atoms with Gasteiger partial charge < -0.3 is 20.9 Å². The summed E-state index contributed by atoms with van der Waals surface area (Å²) in [5, 5.41) is 12.0. The third-order valence-corrected chi connectivity index (χ3v) is 12.4. The lowest BCUT2D eigenvalue weighted by molar-refractivity contribution is -0.150. The molecular formula is C52H102N2O5. The number of ether oxygens (including phenoxy) is 1. The van der Waals surface area contributed by atoms with Crippen LogP contribution in [0.4, 0.5) is 0 Å². The first-order valence-corrected chi connectivity index (χ1v) is 26.4. The Labute approximate surface area is 367 Å². The predicted octanol–water partition coefficient (Wildman–Crippen LogP) is 15.6. The quantitative estimate of drug-likeness (QED) is 0.0415. The van der Waals surface area contributed by atoms with Crippen LogP contribution < -0.4 is 11.1 Å². The standard InChI is InChI=1S/C52H102N2O5/c1-3-5-7-9-11-13-15-17-19-20-21-22-23-25-27-29-31-36-40-46-51(56)59-48(42-37-33-30-28-26-24-18-16-14-12-10-8-6-4-2)43-38-34-32-35-39-45-50(55)54-49(52(57)58)44-41-47-53/h48-49H,3-47,53H2,1-2H3,(H,54,55)(H,57,58). The number of aliphatic carboxylic acids is 1. The number of amides is 1. The molecule has 4 N–H and O–H groups in total. The van der Waals surface area contributed by atoms with Gasteiger partial charge >= 0.3 is 11.9 Å². The van der Waals surface area contributed by atoms with Gasteiger partial charge in [0.05, 0.1) is 0 Å². The summed E-state index contributed by atoms with van der Waals surface area (Å²) in [6.45, 7) is 4.99. The van der Waals surface area contributed by atoms with E-state index in [4.69, 9.17) is 10.5 Å². The van der Waals surface area contributed by atoms with Crippen LogP contribution in [0.3, 0.4) is 0 Å². The fourth-order valence-corrected chi connectivity index (χ4v) is 8.46. The van der Waals surface area contributed by atoms with Crippen LogP contribution in [0.5, 0.6) is 0 Å². The number of rotatable bonds is 49. The Morgan fingerprint density at radius 1 is 0.424 bits per heavy atom. The highest BCUT2D eigenvalue weighted by Gasteiger charge is 2.19. The Hall–Kier alpha value is -1.63. The second-order valence-corrected chi connectivity index (χ2v) is 18.3. The summed E-state index contributed by atoms with van der Waals surface area (Å²) in [5.41, 5.74) is 5.50. The summed E-state index contributed by atoms with van der Waals surface area (Å²) < 4.78 is 6.10. The minimum Gasteiger partial charge on any atom is -0.480 e. The second-order valence-electron chi connectivity index (χ2n) is 18.3. The summed E-state index contributed by atoms with van der Waals surface area (Å²) in [4.78, 5) is 36.6. The van der Waals surface area contributed by atoms with E-state index in [1.54, 1.807) is 0 Å². The molecule has 2 unspecified atom stereocenters. The van der Waals surface area contributed by atoms with Crippen molar-refractivity contribution < 1.29 is 24.2 Å². The molecule has 0 spiro atoms. The third-order valence-electron chi connectivity index (χ3n) is 12.4. The number of esters is 1. The van der Waals surface area contributed by atoms with Gasteiger partial charge in [0.1, 0.15) is 12.1 Å². The Morgan fingerprint density at radius 3 is 1.05 bits per heavy atom. The van der Waals surface area contributed by atoms with Gasteiger partial charge in [-0.05, 0) is 57.9 Å². The molecule has 0 heterocycles. The first kappa shape index (κ1) is 57.4. The Bertz CT molecular complexity index is 898. The van der Waals surface area contributed by atoms with Crippen LogP contribution in [0.25, 0.3) is 0 Å². The molecule has 0 radical (unpaired) electrons. The van der Waals surface area contributed by atoms with Crippen LogP contribution in [0.1, 0.15) is 296 Å². The minimum atomic E-state index is -0.998. The maximum Gasteiger partial charge on any atom is 0.326 e. The Balaban J connectivity index is 4.20. The molecule has 0 saturated carbocycles. The summed E-state index contributed by atoms with van der Waals surface area (Å²) in [6, 6.07) is -0.853. The maximum atomic E-state index is 12.9. The highest BCUT2D eigenvalue weighted by molar-refractivity contribution is 5.83. The predicted molar refractivity (Wildman–Crippen MR) is 253 cm³/mol. The van der Waals surface area contributed by atoms with Gasteiger partial charge in [0.15, 0.2) is 0 Å². The minimum absolute atomic E-state index is 0.00974. The van der Waals surface area contributed by atoms with E-state index in [9.17, 15) is 19.5 Å². The van der Waals surface area contributed by atoms with Crippen LogP contribution in [0.15, 0.2) is 0 Å². The summed E-state index contributed by atoms with van der Waals surface area (Å²) in [5.74, 6) is -1.20. The first-order valence-electron chi connectivity index (χ1n) is 26.4. The Morgan fingerprint density at radius 2 is 0.729 bits per heavy atom. The van der Waals surface area contributed by atoms with Gasteiger partial charge in [0.2, 0.25) is 5.91 Å². The highest BCUT2D eigenvalue weighted by Crippen LogP contribution is 2.20. The number of carboxylic acids is 1. The van der Waals surface area contributed by atoms with E-state index in [1.165, 1.54) is 193 Å². The number of unbranched alkanes of at least 4 members (excludes halogenated alkanes) is 35. The summed E-state index contributed by atoms with van der Waals surface area (Å²) in [7, 11) is 0. The molecule has 7 heteroatoms. The van der Waals surface area contributed by atoms with E-state index in [0.29, 0.717) is 32.2 Å². The second kappa shape index (κ2) is 47.4. The van der Waals surface area contributed by atoms with Gasteiger partial charge in [-0.1, -0.05) is 232 Å². The first-order chi connectivity index (χ1) is 28.9. The monoisotopic (exact) mass is 835 g/mol. The maximum absolute atomic E-state index is 12.9. The van der Waals surface area contributed by atoms with Gasteiger partial charge in [-0.2, -0.15) is 0 Å². The molecule has 0 rings (SSSR count). The van der Waals surface area contributed by atoms with E-state index < -0.39 is 12.0 Å². The van der Waals surface area contributed by atoms with E-state index >= 15 is 0 Å². The van der Waals surface area contributed by atoms with Crippen LogP contribution in [0, 0.1) is 0 Å². The van der Waals surface area contributed by atoms with Crippen molar-refractivity contribution in [1.29, 1.82) is 0 Å². The normalized spacial score (nSPS) is 12.5. The molecule has 0 aromatic heterocycles. The number of nitrogens with two attached hydrogens (primary N) is 1. The van der Waals surface area contributed by atoms with Crippen molar-refractivity contribution in [3.63, 3.8) is 0 Å². The molecular weight excluding hydrogens is 733 g/mol. The fraction of sp³-hybridized carbons (Fsp3) is 0.942. The molecule has 0 aromatic carbocycles. The van der Waals surface area contributed by atoms with Crippen LogP contribution in [-0.4, -0.2) is 41.6 Å². The van der Waals surface area contributed by atoms with Crippen molar-refractivity contribution in [2.24, 2.45) is 5.73 Å². The number of hydrogen-bond donors (Lipinski definition) is 3. The number of nitrogens with one attached hydrogen (secondary N) is 1. The molecule has 59 heavy (non-hydrogen) atoms. The molecule has 0 aromatic rings. The summed E-state index contributed by atoms with van der Waals surface area (Å²) >= 11 is 0. The third kappa shape index (κ3) is 44.2. The van der Waals surface area contributed by atoms with Crippen molar-refractivity contribution in [3.05, 3.63) is 0 Å². The lowest BCUT2D eigenvalue weighted by atomic mass is 10.0. The van der Waals surface area contributed by atoms with Gasteiger partial charge in [-0.25, -0.2) is 4.79 Å². The average molecular weight is 835 g/mol. The van der Waals surface area contributed by atoms with Crippen LogP contribution >= 0.6 is 0 Å². The molecule has 7 nitrogen and oxygen atoms in total. The highest BCUT2D eigenvalue weighted by atomic mass is 16.5.